The lowest BCUT2D eigenvalue weighted by atomic mass is 10.2. The molecule has 4 nitrogen and oxygen atoms in total. The van der Waals surface area contributed by atoms with Gasteiger partial charge in [-0.2, -0.15) is 0 Å². The third-order valence-electron chi connectivity index (χ3n) is 1.93. The van der Waals surface area contributed by atoms with Gasteiger partial charge in [-0.3, -0.25) is 9.71 Å². The van der Waals surface area contributed by atoms with Crippen LogP contribution >= 0.6 is 0 Å². The van der Waals surface area contributed by atoms with E-state index in [9.17, 15) is 8.42 Å². The highest BCUT2D eigenvalue weighted by Crippen LogP contribution is 2.04. The fraction of sp³-hybridized carbons (Fsp3) is 0.222. The molecule has 0 saturated heterocycles. The lowest BCUT2D eigenvalue weighted by molar-refractivity contribution is 0.590. The Morgan fingerprint density at radius 2 is 1.93 bits per heavy atom. The zero-order valence-electron chi connectivity index (χ0n) is 7.47. The van der Waals surface area contributed by atoms with E-state index in [1.807, 2.05) is 30.3 Å². The highest BCUT2D eigenvalue weighted by Gasteiger charge is 2.18. The summed E-state index contributed by atoms with van der Waals surface area (Å²) in [6.45, 7) is 0.333. The molecule has 74 valence electrons. The lowest BCUT2D eigenvalue weighted by Crippen LogP contribution is -2.38. The van der Waals surface area contributed by atoms with Crippen LogP contribution in [0.4, 0.5) is 0 Å². The van der Waals surface area contributed by atoms with Crippen molar-refractivity contribution in [3.63, 3.8) is 0 Å². The molecule has 0 spiro atoms. The minimum absolute atomic E-state index is 0.0728. The number of benzene rings is 1. The topological polar surface area (TPSA) is 58.5 Å². The predicted octanol–water partition coefficient (Wildman–Crippen LogP) is 0.366. The lowest BCUT2D eigenvalue weighted by Gasteiger charge is -2.14. The first-order chi connectivity index (χ1) is 6.67. The molecular formula is C9H10N2O2S. The van der Waals surface area contributed by atoms with Gasteiger partial charge >= 0.3 is 0 Å². The van der Waals surface area contributed by atoms with Gasteiger partial charge in [-0.15, -0.1) is 0 Å². The van der Waals surface area contributed by atoms with Crippen molar-refractivity contribution in [3.8, 4) is 0 Å². The van der Waals surface area contributed by atoms with Gasteiger partial charge in [0, 0.05) is 5.56 Å². The molecule has 5 heteroatoms. The molecule has 0 unspecified atom stereocenters. The number of aliphatic imine (C=N–C) groups is 1. The van der Waals surface area contributed by atoms with Crippen molar-refractivity contribution in [3.05, 3.63) is 35.9 Å². The SMILES string of the molecule is O=S1(=O)CCN=C(c2ccccc2)N1. The van der Waals surface area contributed by atoms with Crippen LogP contribution in [0, 0.1) is 0 Å². The maximum absolute atomic E-state index is 11.2. The van der Waals surface area contributed by atoms with Gasteiger partial charge in [0.15, 0.2) is 0 Å². The molecule has 1 N–H and O–H groups in total. The van der Waals surface area contributed by atoms with Gasteiger partial charge in [-0.1, -0.05) is 30.3 Å². The smallest absolute Gasteiger partial charge is 0.235 e. The fourth-order valence-electron chi connectivity index (χ4n) is 1.25. The second kappa shape index (κ2) is 3.42. The highest BCUT2D eigenvalue weighted by molar-refractivity contribution is 7.90. The van der Waals surface area contributed by atoms with Gasteiger partial charge in [0.25, 0.3) is 0 Å². The normalized spacial score (nSPS) is 19.6. The van der Waals surface area contributed by atoms with Gasteiger partial charge in [-0.25, -0.2) is 8.42 Å². The van der Waals surface area contributed by atoms with Crippen molar-refractivity contribution in [2.75, 3.05) is 12.3 Å². The molecule has 0 atom stereocenters. The van der Waals surface area contributed by atoms with Gasteiger partial charge in [0.2, 0.25) is 10.0 Å². The second-order valence-electron chi connectivity index (χ2n) is 3.02. The Bertz CT molecular complexity index is 451. The molecule has 1 aromatic carbocycles. The number of amidine groups is 1. The van der Waals surface area contributed by atoms with Crippen LogP contribution < -0.4 is 4.72 Å². The summed E-state index contributed by atoms with van der Waals surface area (Å²) in [4.78, 5) is 4.12. The van der Waals surface area contributed by atoms with Crippen molar-refractivity contribution >= 4 is 15.9 Å². The summed E-state index contributed by atoms with van der Waals surface area (Å²) in [7, 11) is -3.16. The van der Waals surface area contributed by atoms with Crippen molar-refractivity contribution in [1.82, 2.24) is 4.72 Å². The maximum atomic E-state index is 11.2. The number of hydrogen-bond donors (Lipinski definition) is 1. The Kier molecular flexibility index (Phi) is 2.25. The van der Waals surface area contributed by atoms with Crippen LogP contribution in [0.3, 0.4) is 0 Å². The molecule has 0 saturated carbocycles. The van der Waals surface area contributed by atoms with Crippen LogP contribution in [-0.4, -0.2) is 26.6 Å². The predicted molar refractivity (Wildman–Crippen MR) is 54.8 cm³/mol. The Morgan fingerprint density at radius 3 is 2.57 bits per heavy atom. The molecule has 0 aliphatic carbocycles. The van der Waals surface area contributed by atoms with Crippen molar-refractivity contribution in [2.45, 2.75) is 0 Å². The van der Waals surface area contributed by atoms with Crippen LogP contribution in [0.2, 0.25) is 0 Å². The van der Waals surface area contributed by atoms with E-state index in [0.717, 1.165) is 5.56 Å². The highest BCUT2D eigenvalue weighted by atomic mass is 32.2. The fourth-order valence-corrected chi connectivity index (χ4v) is 2.17. The minimum Gasteiger partial charge on any atom is -0.267 e. The van der Waals surface area contributed by atoms with Crippen LogP contribution in [-0.2, 0) is 10.0 Å². The molecule has 0 amide bonds. The molecule has 1 aliphatic rings. The van der Waals surface area contributed by atoms with Crippen molar-refractivity contribution in [2.24, 2.45) is 4.99 Å². The Balaban J connectivity index is 2.33. The zero-order chi connectivity index (χ0) is 10.0. The minimum atomic E-state index is -3.16. The van der Waals surface area contributed by atoms with Gasteiger partial charge in [-0.05, 0) is 0 Å². The number of sulfonamides is 1. The number of nitrogens with one attached hydrogen (secondary N) is 1. The molecule has 0 aromatic heterocycles. The monoisotopic (exact) mass is 210 g/mol. The third kappa shape index (κ3) is 1.93. The van der Waals surface area contributed by atoms with E-state index < -0.39 is 10.0 Å². The average Bonchev–Trinajstić information content (AvgIpc) is 2.18. The largest absolute Gasteiger partial charge is 0.267 e. The number of nitrogens with zero attached hydrogens (tertiary/aromatic N) is 1. The Hall–Kier alpha value is -1.36. The van der Waals surface area contributed by atoms with Crippen LogP contribution in [0.15, 0.2) is 35.3 Å². The molecule has 14 heavy (non-hydrogen) atoms. The summed E-state index contributed by atoms with van der Waals surface area (Å²) in [6.07, 6.45) is 0. The summed E-state index contributed by atoms with van der Waals surface area (Å²) in [5.74, 6) is 0.514. The molecule has 1 aromatic rings. The van der Waals surface area contributed by atoms with Crippen molar-refractivity contribution < 1.29 is 8.42 Å². The van der Waals surface area contributed by atoms with E-state index in [4.69, 9.17) is 0 Å². The molecule has 1 aliphatic heterocycles. The van der Waals surface area contributed by atoms with E-state index in [1.165, 1.54) is 0 Å². The maximum Gasteiger partial charge on any atom is 0.235 e. The molecule has 0 fully saturated rings. The molecular weight excluding hydrogens is 200 g/mol. The molecule has 0 bridgehead atoms. The van der Waals surface area contributed by atoms with E-state index >= 15 is 0 Å². The zero-order valence-corrected chi connectivity index (χ0v) is 8.29. The van der Waals surface area contributed by atoms with E-state index in [1.54, 1.807) is 0 Å². The first kappa shape index (κ1) is 9.21. The Morgan fingerprint density at radius 1 is 1.21 bits per heavy atom. The number of hydrogen-bond acceptors (Lipinski definition) is 3. The molecule has 2 rings (SSSR count). The summed E-state index contributed by atoms with van der Waals surface area (Å²) >= 11 is 0. The summed E-state index contributed by atoms with van der Waals surface area (Å²) in [5, 5.41) is 0. The quantitative estimate of drug-likeness (QED) is 0.728. The summed E-state index contributed by atoms with van der Waals surface area (Å²) < 4.78 is 24.9. The van der Waals surface area contributed by atoms with Gasteiger partial charge < -0.3 is 0 Å². The van der Waals surface area contributed by atoms with Gasteiger partial charge in [0.05, 0.1) is 12.3 Å². The molecule has 1 heterocycles. The van der Waals surface area contributed by atoms with E-state index in [0.29, 0.717) is 12.4 Å². The molecule has 0 radical (unpaired) electrons. The van der Waals surface area contributed by atoms with E-state index in [2.05, 4.69) is 9.71 Å². The summed E-state index contributed by atoms with van der Waals surface area (Å²) in [6, 6.07) is 9.22. The van der Waals surface area contributed by atoms with Gasteiger partial charge in [0.1, 0.15) is 5.84 Å². The average molecular weight is 210 g/mol. The van der Waals surface area contributed by atoms with E-state index in [-0.39, 0.29) is 5.75 Å². The third-order valence-corrected chi connectivity index (χ3v) is 3.15. The van der Waals surface area contributed by atoms with Crippen LogP contribution in [0.5, 0.6) is 0 Å². The number of rotatable bonds is 1. The van der Waals surface area contributed by atoms with Crippen molar-refractivity contribution in [1.29, 1.82) is 0 Å². The second-order valence-corrected chi connectivity index (χ2v) is 4.86. The summed E-state index contributed by atoms with van der Waals surface area (Å²) in [5.41, 5.74) is 0.802. The standard InChI is InChI=1S/C9H10N2O2S/c12-14(13)7-6-10-9(11-14)8-4-2-1-3-5-8/h1-5H,6-7H2,(H,10,11). The first-order valence-corrected chi connectivity index (χ1v) is 5.93. The first-order valence-electron chi connectivity index (χ1n) is 4.28. The van der Waals surface area contributed by atoms with Crippen LogP contribution in [0.25, 0.3) is 0 Å². The van der Waals surface area contributed by atoms with Crippen LogP contribution in [0.1, 0.15) is 5.56 Å². The Labute approximate surface area is 82.7 Å².